The zero-order valence-electron chi connectivity index (χ0n) is 13.1. The van der Waals surface area contributed by atoms with Crippen molar-refractivity contribution in [1.29, 1.82) is 0 Å². The van der Waals surface area contributed by atoms with Crippen molar-refractivity contribution in [3.63, 3.8) is 0 Å². The molecule has 5 nitrogen and oxygen atoms in total. The predicted molar refractivity (Wildman–Crippen MR) is 86.0 cm³/mol. The van der Waals surface area contributed by atoms with E-state index < -0.39 is 10.0 Å². The number of likely N-dealkylation sites (N-methyl/N-ethyl adjacent to an activating group) is 1. The lowest BCUT2D eigenvalue weighted by atomic mass is 10.1. The van der Waals surface area contributed by atoms with E-state index in [-0.39, 0.29) is 11.8 Å². The summed E-state index contributed by atoms with van der Waals surface area (Å²) in [4.78, 5) is 6.74. The van der Waals surface area contributed by atoms with Gasteiger partial charge in [0.15, 0.2) is 0 Å². The van der Waals surface area contributed by atoms with Gasteiger partial charge in [0.1, 0.15) is 5.82 Å². The lowest BCUT2D eigenvalue weighted by Gasteiger charge is -2.37. The molecule has 0 amide bonds. The highest BCUT2D eigenvalue weighted by atomic mass is 32.2. The summed E-state index contributed by atoms with van der Waals surface area (Å²) in [6.45, 7) is 5.53. The van der Waals surface area contributed by atoms with Crippen molar-refractivity contribution >= 4 is 15.8 Å². The van der Waals surface area contributed by atoms with Crippen molar-refractivity contribution in [3.05, 3.63) is 23.9 Å². The summed E-state index contributed by atoms with van der Waals surface area (Å²) in [6, 6.07) is 6.01. The highest BCUT2D eigenvalue weighted by molar-refractivity contribution is 7.89. The number of piperidine rings is 1. The Morgan fingerprint density at radius 3 is 2.86 bits per heavy atom. The molecule has 1 aliphatic rings. The summed E-state index contributed by atoms with van der Waals surface area (Å²) in [5.41, 5.74) is 0.988. The van der Waals surface area contributed by atoms with E-state index in [9.17, 15) is 8.42 Å². The molecule has 6 heteroatoms. The molecule has 0 aliphatic carbocycles. The van der Waals surface area contributed by atoms with Gasteiger partial charge in [-0.2, -0.15) is 0 Å². The molecular weight excluding hydrogens is 286 g/mol. The second kappa shape index (κ2) is 6.75. The second-order valence-corrected chi connectivity index (χ2v) is 7.86. The van der Waals surface area contributed by atoms with Crippen LogP contribution >= 0.6 is 0 Å². The number of aromatic nitrogens is 1. The van der Waals surface area contributed by atoms with Crippen molar-refractivity contribution < 1.29 is 8.42 Å². The minimum Gasteiger partial charge on any atom is -0.355 e. The monoisotopic (exact) mass is 311 g/mol. The molecule has 1 aromatic rings. The van der Waals surface area contributed by atoms with Crippen molar-refractivity contribution in [1.82, 2.24) is 9.29 Å². The van der Waals surface area contributed by atoms with Gasteiger partial charge in [-0.05, 0) is 38.3 Å². The molecule has 0 spiro atoms. The summed E-state index contributed by atoms with van der Waals surface area (Å²) in [5.74, 6) is 1.17. The minimum absolute atomic E-state index is 0.0395. The van der Waals surface area contributed by atoms with Crippen LogP contribution in [-0.2, 0) is 10.0 Å². The molecule has 0 saturated carbocycles. The Hall–Kier alpha value is -1.14. The highest BCUT2D eigenvalue weighted by Crippen LogP contribution is 2.22. The van der Waals surface area contributed by atoms with Crippen LogP contribution < -0.4 is 4.90 Å². The molecule has 0 N–H and O–H groups in total. The molecule has 1 aliphatic heterocycles. The first kappa shape index (κ1) is 16.2. The lowest BCUT2D eigenvalue weighted by molar-refractivity contribution is 0.319. The Kier molecular flexibility index (Phi) is 5.22. The van der Waals surface area contributed by atoms with Gasteiger partial charge in [-0.1, -0.05) is 13.0 Å². The predicted octanol–water partition coefficient (Wildman–Crippen LogP) is 2.03. The van der Waals surface area contributed by atoms with Crippen LogP contribution in [0.3, 0.4) is 0 Å². The molecule has 2 rings (SSSR count). The Balaban J connectivity index is 2.10. The maximum atomic E-state index is 12.2. The van der Waals surface area contributed by atoms with E-state index in [0.717, 1.165) is 37.4 Å². The molecule has 1 fully saturated rings. The average Bonchev–Trinajstić information content (AvgIpc) is 2.46. The summed E-state index contributed by atoms with van der Waals surface area (Å²) >= 11 is 0. The fourth-order valence-electron chi connectivity index (χ4n) is 2.79. The van der Waals surface area contributed by atoms with Crippen LogP contribution in [0.2, 0.25) is 0 Å². The first-order valence-electron chi connectivity index (χ1n) is 7.58. The number of sulfonamides is 1. The largest absolute Gasteiger partial charge is 0.355 e. The van der Waals surface area contributed by atoms with Crippen LogP contribution in [0.5, 0.6) is 0 Å². The Morgan fingerprint density at radius 2 is 2.19 bits per heavy atom. The quantitative estimate of drug-likeness (QED) is 0.835. The molecule has 21 heavy (non-hydrogen) atoms. The zero-order chi connectivity index (χ0) is 15.5. The molecule has 1 saturated heterocycles. The van der Waals surface area contributed by atoms with Gasteiger partial charge >= 0.3 is 0 Å². The van der Waals surface area contributed by atoms with Crippen molar-refractivity contribution in [2.24, 2.45) is 0 Å². The molecule has 1 aromatic heterocycles. The van der Waals surface area contributed by atoms with Gasteiger partial charge in [0.05, 0.1) is 5.75 Å². The van der Waals surface area contributed by atoms with Gasteiger partial charge in [0.2, 0.25) is 10.0 Å². The standard InChI is InChI=1S/C15H25N3O2S/c1-4-11-21(19,20)17(3)14-8-6-10-18(12-14)15-9-5-7-13(2)16-15/h5,7,9,14H,4,6,8,10-12H2,1-3H3/t14-/m0/s1. The van der Waals surface area contributed by atoms with Crippen LogP contribution in [0, 0.1) is 6.92 Å². The van der Waals surface area contributed by atoms with E-state index in [1.165, 1.54) is 0 Å². The summed E-state index contributed by atoms with van der Waals surface area (Å²) in [7, 11) is -1.43. The SMILES string of the molecule is CCCS(=O)(=O)N(C)[C@H]1CCCN(c2cccc(C)n2)C1. The van der Waals surface area contributed by atoms with E-state index in [0.29, 0.717) is 6.42 Å². The molecule has 1 atom stereocenters. The number of pyridine rings is 1. The maximum absolute atomic E-state index is 12.2. The molecule has 0 unspecified atom stereocenters. The van der Waals surface area contributed by atoms with E-state index in [4.69, 9.17) is 0 Å². The Labute approximate surface area is 128 Å². The number of hydrogen-bond donors (Lipinski definition) is 0. The van der Waals surface area contributed by atoms with Gasteiger partial charge in [0.25, 0.3) is 0 Å². The Morgan fingerprint density at radius 1 is 1.43 bits per heavy atom. The van der Waals surface area contributed by atoms with Gasteiger partial charge in [-0.25, -0.2) is 17.7 Å². The molecule has 0 radical (unpaired) electrons. The summed E-state index contributed by atoms with van der Waals surface area (Å²) < 4.78 is 26.0. The smallest absolute Gasteiger partial charge is 0.214 e. The van der Waals surface area contributed by atoms with Crippen LogP contribution in [-0.4, -0.2) is 49.6 Å². The molecule has 0 aromatic carbocycles. The van der Waals surface area contributed by atoms with E-state index >= 15 is 0 Å². The van der Waals surface area contributed by atoms with Crippen LogP contribution in [0.15, 0.2) is 18.2 Å². The third kappa shape index (κ3) is 3.95. The third-order valence-electron chi connectivity index (χ3n) is 4.01. The van der Waals surface area contributed by atoms with Gasteiger partial charge in [-0.15, -0.1) is 0 Å². The first-order chi connectivity index (χ1) is 9.94. The normalized spacial score (nSPS) is 20.0. The van der Waals surface area contributed by atoms with Crippen LogP contribution in [0.4, 0.5) is 5.82 Å². The summed E-state index contributed by atoms with van der Waals surface area (Å²) in [5, 5.41) is 0. The number of anilines is 1. The number of aryl methyl sites for hydroxylation is 1. The fraction of sp³-hybridized carbons (Fsp3) is 0.667. The average molecular weight is 311 g/mol. The van der Waals surface area contributed by atoms with Crippen LogP contribution in [0.25, 0.3) is 0 Å². The number of hydrogen-bond acceptors (Lipinski definition) is 4. The lowest BCUT2D eigenvalue weighted by Crippen LogP contribution is -2.49. The van der Waals surface area contributed by atoms with Gasteiger partial charge in [-0.3, -0.25) is 0 Å². The van der Waals surface area contributed by atoms with Crippen LogP contribution in [0.1, 0.15) is 31.9 Å². The zero-order valence-corrected chi connectivity index (χ0v) is 13.9. The third-order valence-corrected chi connectivity index (χ3v) is 6.11. The molecule has 2 heterocycles. The van der Waals surface area contributed by atoms with Crippen molar-refractivity contribution in [3.8, 4) is 0 Å². The van der Waals surface area contributed by atoms with E-state index in [1.54, 1.807) is 11.4 Å². The molecular formula is C15H25N3O2S. The highest BCUT2D eigenvalue weighted by Gasteiger charge is 2.30. The van der Waals surface area contributed by atoms with E-state index in [1.807, 2.05) is 32.0 Å². The molecule has 0 bridgehead atoms. The summed E-state index contributed by atoms with van der Waals surface area (Å²) in [6.07, 6.45) is 2.57. The van der Waals surface area contributed by atoms with Gasteiger partial charge in [0, 0.05) is 31.9 Å². The topological polar surface area (TPSA) is 53.5 Å². The van der Waals surface area contributed by atoms with E-state index in [2.05, 4.69) is 9.88 Å². The van der Waals surface area contributed by atoms with Crippen molar-refractivity contribution in [2.45, 2.75) is 39.2 Å². The Bertz CT molecular complexity index is 574. The fourth-order valence-corrected chi connectivity index (χ4v) is 4.22. The number of nitrogens with zero attached hydrogens (tertiary/aromatic N) is 3. The number of rotatable bonds is 5. The minimum atomic E-state index is -3.14. The second-order valence-electron chi connectivity index (χ2n) is 5.71. The first-order valence-corrected chi connectivity index (χ1v) is 9.19. The van der Waals surface area contributed by atoms with Gasteiger partial charge < -0.3 is 4.90 Å². The molecule has 118 valence electrons. The van der Waals surface area contributed by atoms with Crippen molar-refractivity contribution in [2.75, 3.05) is 30.8 Å². The maximum Gasteiger partial charge on any atom is 0.214 e.